The number of rotatable bonds is 3. The van der Waals surface area contributed by atoms with Crippen LogP contribution in [0.1, 0.15) is 5.56 Å². The molecule has 0 saturated heterocycles. The first-order chi connectivity index (χ1) is 9.11. The van der Waals surface area contributed by atoms with E-state index in [2.05, 4.69) is 10.1 Å². The number of anilines is 1. The number of aromatic nitrogens is 3. The second kappa shape index (κ2) is 4.51. The van der Waals surface area contributed by atoms with Gasteiger partial charge >= 0.3 is 0 Å². The Morgan fingerprint density at radius 3 is 3.05 bits per heavy atom. The van der Waals surface area contributed by atoms with Gasteiger partial charge in [0, 0.05) is 24.5 Å². The minimum absolute atomic E-state index is 0.212. The Kier molecular flexibility index (Phi) is 2.83. The molecule has 0 aliphatic rings. The Bertz CT molecular complexity index is 762. The van der Waals surface area contributed by atoms with Crippen LogP contribution in [0, 0.1) is 0 Å². The average molecular weight is 276 g/mol. The molecule has 0 amide bonds. The van der Waals surface area contributed by atoms with Gasteiger partial charge < -0.3 is 10.2 Å². The number of nitrogen functional groups attached to an aromatic ring is 1. The van der Waals surface area contributed by atoms with Crippen molar-refractivity contribution >= 4 is 27.6 Å². The summed E-state index contributed by atoms with van der Waals surface area (Å²) in [6.07, 6.45) is 3.50. The largest absolute Gasteiger partial charge is 0.430 e. The van der Waals surface area contributed by atoms with Gasteiger partial charge in [-0.15, -0.1) is 0 Å². The lowest BCUT2D eigenvalue weighted by Crippen LogP contribution is -1.95. The lowest BCUT2D eigenvalue weighted by molar-refractivity contribution is 0.477. The molecule has 0 radical (unpaired) electrons. The molecule has 0 saturated carbocycles. The molecule has 0 fully saturated rings. The van der Waals surface area contributed by atoms with E-state index in [9.17, 15) is 4.21 Å². The number of nitrogens with two attached hydrogens (primary N) is 1. The highest BCUT2D eigenvalue weighted by Crippen LogP contribution is 2.21. The molecule has 3 aromatic rings. The summed E-state index contributed by atoms with van der Waals surface area (Å²) in [4.78, 5) is 4.20. The van der Waals surface area contributed by atoms with Crippen LogP contribution in [0.3, 0.4) is 0 Å². The topological polar surface area (TPSA) is 86.9 Å². The van der Waals surface area contributed by atoms with Gasteiger partial charge in [0.25, 0.3) is 5.22 Å². The molecule has 19 heavy (non-hydrogen) atoms. The molecule has 2 aromatic heterocycles. The Balaban J connectivity index is 1.89. The van der Waals surface area contributed by atoms with Gasteiger partial charge in [-0.1, -0.05) is 0 Å². The molecule has 2 heterocycles. The van der Waals surface area contributed by atoms with Crippen molar-refractivity contribution in [3.8, 4) is 0 Å². The van der Waals surface area contributed by atoms with Crippen molar-refractivity contribution < 1.29 is 8.63 Å². The summed E-state index contributed by atoms with van der Waals surface area (Å²) in [5, 5.41) is 4.24. The standard InChI is InChI=1S/C12H12N4O2S/c1-16-6-8(5-14-16)7-19(17)12-15-10-4-9(13)2-3-11(10)18-12/h2-6H,7,13H2,1H3. The van der Waals surface area contributed by atoms with E-state index in [0.29, 0.717) is 22.5 Å². The second-order valence-corrected chi connectivity index (χ2v) is 5.55. The van der Waals surface area contributed by atoms with E-state index in [0.717, 1.165) is 5.56 Å². The van der Waals surface area contributed by atoms with E-state index in [-0.39, 0.29) is 5.22 Å². The lowest BCUT2D eigenvalue weighted by Gasteiger charge is -1.93. The number of fused-ring (bicyclic) bond motifs is 1. The first-order valence-corrected chi connectivity index (χ1v) is 6.96. The van der Waals surface area contributed by atoms with Crippen molar-refractivity contribution in [2.45, 2.75) is 11.0 Å². The maximum atomic E-state index is 12.2. The molecule has 98 valence electrons. The fourth-order valence-corrected chi connectivity index (χ4v) is 2.74. The van der Waals surface area contributed by atoms with Gasteiger partial charge in [0.1, 0.15) is 16.3 Å². The highest BCUT2D eigenvalue weighted by Gasteiger charge is 2.14. The van der Waals surface area contributed by atoms with Crippen LogP contribution in [-0.4, -0.2) is 19.0 Å². The second-order valence-electron chi connectivity index (χ2n) is 4.22. The van der Waals surface area contributed by atoms with Crippen LogP contribution in [0.5, 0.6) is 0 Å². The van der Waals surface area contributed by atoms with Crippen molar-refractivity contribution in [2.75, 3.05) is 5.73 Å². The highest BCUT2D eigenvalue weighted by atomic mass is 32.2. The zero-order valence-corrected chi connectivity index (χ0v) is 11.1. The number of hydrogen-bond acceptors (Lipinski definition) is 5. The van der Waals surface area contributed by atoms with E-state index in [1.807, 2.05) is 13.2 Å². The SMILES string of the molecule is Cn1cc(CS(=O)c2nc3cc(N)ccc3o2)cn1. The predicted molar refractivity (Wildman–Crippen MR) is 71.7 cm³/mol. The summed E-state index contributed by atoms with van der Waals surface area (Å²) in [5.74, 6) is 0.330. The molecule has 1 aromatic carbocycles. The van der Waals surface area contributed by atoms with Crippen LogP contribution >= 0.6 is 0 Å². The Morgan fingerprint density at radius 2 is 2.32 bits per heavy atom. The molecular formula is C12H12N4O2S. The lowest BCUT2D eigenvalue weighted by atomic mass is 10.3. The fraction of sp³-hybridized carbons (Fsp3) is 0.167. The van der Waals surface area contributed by atoms with Crippen molar-refractivity contribution in [3.05, 3.63) is 36.2 Å². The Hall–Kier alpha value is -2.15. The Labute approximate surface area is 111 Å². The van der Waals surface area contributed by atoms with Crippen LogP contribution in [0.2, 0.25) is 0 Å². The molecule has 1 atom stereocenters. The molecular weight excluding hydrogens is 264 g/mol. The molecule has 6 nitrogen and oxygen atoms in total. The fourth-order valence-electron chi connectivity index (χ4n) is 1.78. The van der Waals surface area contributed by atoms with E-state index in [1.54, 1.807) is 29.1 Å². The van der Waals surface area contributed by atoms with E-state index in [4.69, 9.17) is 10.2 Å². The van der Waals surface area contributed by atoms with Gasteiger partial charge in [-0.3, -0.25) is 4.68 Å². The number of nitrogens with zero attached hydrogens (tertiary/aromatic N) is 3. The maximum absolute atomic E-state index is 12.2. The molecule has 3 rings (SSSR count). The predicted octanol–water partition coefficient (Wildman–Crippen LogP) is 1.45. The van der Waals surface area contributed by atoms with Crippen LogP contribution in [0.15, 0.2) is 40.2 Å². The number of hydrogen-bond donors (Lipinski definition) is 1. The minimum Gasteiger partial charge on any atom is -0.430 e. The molecule has 2 N–H and O–H groups in total. The summed E-state index contributed by atoms with van der Waals surface area (Å²) in [6, 6.07) is 5.15. The quantitative estimate of drug-likeness (QED) is 0.732. The summed E-state index contributed by atoms with van der Waals surface area (Å²) < 4.78 is 19.3. The maximum Gasteiger partial charge on any atom is 0.288 e. The van der Waals surface area contributed by atoms with Gasteiger partial charge in [0.2, 0.25) is 0 Å². The van der Waals surface area contributed by atoms with Gasteiger partial charge in [0.05, 0.1) is 11.9 Å². The molecule has 1 unspecified atom stereocenters. The first-order valence-electron chi connectivity index (χ1n) is 5.64. The van der Waals surface area contributed by atoms with Crippen LogP contribution in [0.4, 0.5) is 5.69 Å². The third-order valence-corrected chi connectivity index (χ3v) is 3.80. The number of benzene rings is 1. The van der Waals surface area contributed by atoms with E-state index < -0.39 is 10.8 Å². The number of aryl methyl sites for hydroxylation is 1. The first kappa shape index (κ1) is 11.9. The zero-order chi connectivity index (χ0) is 13.4. The number of oxazole rings is 1. The summed E-state index contributed by atoms with van der Waals surface area (Å²) in [7, 11) is 0.482. The van der Waals surface area contributed by atoms with Crippen molar-refractivity contribution in [1.82, 2.24) is 14.8 Å². The molecule has 0 aliphatic carbocycles. The minimum atomic E-state index is -1.33. The van der Waals surface area contributed by atoms with Gasteiger partial charge in [-0.2, -0.15) is 5.10 Å². The van der Waals surface area contributed by atoms with Crippen LogP contribution < -0.4 is 5.73 Å². The van der Waals surface area contributed by atoms with E-state index in [1.165, 1.54) is 0 Å². The van der Waals surface area contributed by atoms with Gasteiger partial charge in [-0.25, -0.2) is 9.19 Å². The summed E-state index contributed by atoms with van der Waals surface area (Å²) in [6.45, 7) is 0. The van der Waals surface area contributed by atoms with Gasteiger partial charge in [0.15, 0.2) is 5.58 Å². The normalized spacial score (nSPS) is 12.9. The van der Waals surface area contributed by atoms with Crippen LogP contribution in [0.25, 0.3) is 11.1 Å². The molecule has 0 aliphatic heterocycles. The van der Waals surface area contributed by atoms with Crippen LogP contribution in [-0.2, 0) is 23.6 Å². The summed E-state index contributed by atoms with van der Waals surface area (Å²) in [5.41, 5.74) is 8.35. The average Bonchev–Trinajstić information content (AvgIpc) is 2.95. The van der Waals surface area contributed by atoms with Crippen molar-refractivity contribution in [3.63, 3.8) is 0 Å². The zero-order valence-electron chi connectivity index (χ0n) is 10.2. The molecule has 7 heteroatoms. The molecule has 0 spiro atoms. The van der Waals surface area contributed by atoms with Gasteiger partial charge in [-0.05, 0) is 18.2 Å². The van der Waals surface area contributed by atoms with Crippen molar-refractivity contribution in [2.24, 2.45) is 7.05 Å². The summed E-state index contributed by atoms with van der Waals surface area (Å²) >= 11 is 0. The highest BCUT2D eigenvalue weighted by molar-refractivity contribution is 7.84. The monoisotopic (exact) mass is 276 g/mol. The smallest absolute Gasteiger partial charge is 0.288 e. The third kappa shape index (κ3) is 2.37. The Morgan fingerprint density at radius 1 is 1.47 bits per heavy atom. The van der Waals surface area contributed by atoms with Crippen molar-refractivity contribution in [1.29, 1.82) is 0 Å². The van der Waals surface area contributed by atoms with E-state index >= 15 is 0 Å². The third-order valence-electron chi connectivity index (χ3n) is 2.64. The molecule has 0 bridgehead atoms.